The summed E-state index contributed by atoms with van der Waals surface area (Å²) in [4.78, 5) is 24.0. The number of benzene rings is 1. The second kappa shape index (κ2) is 6.19. The number of hydrogen-bond acceptors (Lipinski definition) is 4. The van der Waals surface area contributed by atoms with Crippen LogP contribution in [0.25, 0.3) is 0 Å². The summed E-state index contributed by atoms with van der Waals surface area (Å²) in [6, 6.07) is 7.45. The number of piperazine rings is 1. The molecule has 0 aromatic heterocycles. The van der Waals surface area contributed by atoms with Crippen molar-refractivity contribution in [3.8, 4) is 5.75 Å². The predicted molar refractivity (Wildman–Crippen MR) is 69.4 cm³/mol. The molecule has 1 aliphatic heterocycles. The third-order valence-corrected chi connectivity index (χ3v) is 2.80. The molecule has 6 nitrogen and oxygen atoms in total. The number of carbonyl (C=O) groups is 2. The van der Waals surface area contributed by atoms with Crippen LogP contribution in [-0.4, -0.2) is 43.0 Å². The number of nitrogens with one attached hydrogen (secondary N) is 1. The topological polar surface area (TPSA) is 84.7 Å². The van der Waals surface area contributed by atoms with Crippen molar-refractivity contribution in [2.24, 2.45) is 5.73 Å². The molecule has 3 N–H and O–H groups in total. The highest BCUT2D eigenvalue weighted by molar-refractivity contribution is 5.78. The molecule has 1 aliphatic rings. The Morgan fingerprint density at radius 2 is 2.32 bits per heavy atom. The van der Waals surface area contributed by atoms with Gasteiger partial charge in [-0.2, -0.15) is 0 Å². The summed E-state index contributed by atoms with van der Waals surface area (Å²) in [6.07, 6.45) is 0. The van der Waals surface area contributed by atoms with Crippen molar-refractivity contribution in [3.63, 3.8) is 0 Å². The van der Waals surface area contributed by atoms with Gasteiger partial charge in [-0.1, -0.05) is 12.1 Å². The van der Waals surface area contributed by atoms with Gasteiger partial charge < -0.3 is 15.8 Å². The first-order chi connectivity index (χ1) is 9.13. The molecule has 1 saturated heterocycles. The van der Waals surface area contributed by atoms with Crippen molar-refractivity contribution >= 4 is 11.8 Å². The smallest absolute Gasteiger partial charge is 0.255 e. The Morgan fingerprint density at radius 1 is 1.47 bits per heavy atom. The molecule has 0 spiro atoms. The summed E-state index contributed by atoms with van der Waals surface area (Å²) >= 11 is 0. The van der Waals surface area contributed by atoms with Crippen molar-refractivity contribution in [1.82, 2.24) is 10.2 Å². The molecular weight excluding hydrogens is 246 g/mol. The van der Waals surface area contributed by atoms with Crippen LogP contribution in [0.5, 0.6) is 5.75 Å². The standard InChI is InChI=1S/C13H17N3O3/c14-12(17)9-19-11-3-1-2-10(6-11)7-16-5-4-15-13(18)8-16/h1-3,6H,4-5,7-9H2,(H2,14,17)(H,15,18). The fourth-order valence-corrected chi connectivity index (χ4v) is 1.97. The highest BCUT2D eigenvalue weighted by atomic mass is 16.5. The Bertz CT molecular complexity index is 476. The van der Waals surface area contributed by atoms with Crippen LogP contribution >= 0.6 is 0 Å². The van der Waals surface area contributed by atoms with Crippen molar-refractivity contribution in [1.29, 1.82) is 0 Å². The summed E-state index contributed by atoms with van der Waals surface area (Å²) in [5.41, 5.74) is 6.07. The number of nitrogens with zero attached hydrogens (tertiary/aromatic N) is 1. The molecule has 1 aromatic carbocycles. The van der Waals surface area contributed by atoms with E-state index in [2.05, 4.69) is 10.2 Å². The summed E-state index contributed by atoms with van der Waals surface area (Å²) < 4.78 is 5.25. The maximum Gasteiger partial charge on any atom is 0.255 e. The van der Waals surface area contributed by atoms with E-state index in [9.17, 15) is 9.59 Å². The lowest BCUT2D eigenvalue weighted by Crippen LogP contribution is -2.47. The number of primary amides is 1. The summed E-state index contributed by atoms with van der Waals surface area (Å²) in [5.74, 6) is 0.156. The zero-order valence-electron chi connectivity index (χ0n) is 10.6. The zero-order chi connectivity index (χ0) is 13.7. The first kappa shape index (κ1) is 13.4. The van der Waals surface area contributed by atoms with E-state index in [4.69, 9.17) is 10.5 Å². The molecule has 1 fully saturated rings. The van der Waals surface area contributed by atoms with Gasteiger partial charge >= 0.3 is 0 Å². The SMILES string of the molecule is NC(=O)COc1cccc(CN2CCNC(=O)C2)c1. The molecule has 1 heterocycles. The van der Waals surface area contributed by atoms with Crippen LogP contribution in [0, 0.1) is 0 Å². The van der Waals surface area contributed by atoms with Crippen LogP contribution in [0.2, 0.25) is 0 Å². The molecule has 102 valence electrons. The van der Waals surface area contributed by atoms with Crippen molar-refractivity contribution in [3.05, 3.63) is 29.8 Å². The highest BCUT2D eigenvalue weighted by Crippen LogP contribution is 2.15. The van der Waals surface area contributed by atoms with Crippen LogP contribution in [0.1, 0.15) is 5.56 Å². The Hall–Kier alpha value is -2.08. The molecule has 0 bridgehead atoms. The lowest BCUT2D eigenvalue weighted by atomic mass is 10.2. The zero-order valence-corrected chi connectivity index (χ0v) is 10.6. The van der Waals surface area contributed by atoms with E-state index in [1.54, 1.807) is 6.07 Å². The summed E-state index contributed by atoms with van der Waals surface area (Å²) in [5, 5.41) is 2.79. The van der Waals surface area contributed by atoms with Gasteiger partial charge in [0.25, 0.3) is 5.91 Å². The second-order valence-electron chi connectivity index (χ2n) is 4.46. The fourth-order valence-electron chi connectivity index (χ4n) is 1.97. The molecule has 0 unspecified atom stereocenters. The minimum atomic E-state index is -0.502. The molecule has 19 heavy (non-hydrogen) atoms. The molecule has 0 radical (unpaired) electrons. The average Bonchev–Trinajstić information content (AvgIpc) is 2.37. The van der Waals surface area contributed by atoms with E-state index in [1.807, 2.05) is 18.2 Å². The monoisotopic (exact) mass is 263 g/mol. The maximum atomic E-state index is 11.3. The van der Waals surface area contributed by atoms with Gasteiger partial charge in [0.1, 0.15) is 5.75 Å². The van der Waals surface area contributed by atoms with Crippen molar-refractivity contribution in [2.45, 2.75) is 6.54 Å². The van der Waals surface area contributed by atoms with Crippen molar-refractivity contribution in [2.75, 3.05) is 26.2 Å². The van der Waals surface area contributed by atoms with Gasteiger partial charge in [-0.3, -0.25) is 14.5 Å². The van der Waals surface area contributed by atoms with E-state index in [0.717, 1.165) is 12.1 Å². The summed E-state index contributed by atoms with van der Waals surface area (Å²) in [7, 11) is 0. The first-order valence-electron chi connectivity index (χ1n) is 6.12. The second-order valence-corrected chi connectivity index (χ2v) is 4.46. The molecule has 6 heteroatoms. The van der Waals surface area contributed by atoms with Crippen LogP contribution < -0.4 is 15.8 Å². The summed E-state index contributed by atoms with van der Waals surface area (Å²) in [6.45, 7) is 2.47. The molecule has 2 rings (SSSR count). The lowest BCUT2D eigenvalue weighted by molar-refractivity contribution is -0.124. The minimum Gasteiger partial charge on any atom is -0.484 e. The van der Waals surface area contributed by atoms with Gasteiger partial charge in [-0.05, 0) is 17.7 Å². The predicted octanol–water partition coefficient (Wildman–Crippen LogP) is -0.517. The van der Waals surface area contributed by atoms with Crippen molar-refractivity contribution < 1.29 is 14.3 Å². The molecule has 0 aliphatic carbocycles. The Labute approximate surface area is 111 Å². The van der Waals surface area contributed by atoms with Gasteiger partial charge in [-0.15, -0.1) is 0 Å². The minimum absolute atomic E-state index is 0.0485. The van der Waals surface area contributed by atoms with E-state index < -0.39 is 5.91 Å². The molecule has 0 atom stereocenters. The number of ether oxygens (including phenoxy) is 1. The third-order valence-electron chi connectivity index (χ3n) is 2.80. The quantitative estimate of drug-likeness (QED) is 0.749. The Kier molecular flexibility index (Phi) is 4.35. The molecular formula is C13H17N3O3. The van der Waals surface area contributed by atoms with Crippen LogP contribution in [-0.2, 0) is 16.1 Å². The number of rotatable bonds is 5. The Balaban J connectivity index is 1.94. The molecule has 0 saturated carbocycles. The normalized spacial score (nSPS) is 15.9. The molecule has 1 aromatic rings. The van der Waals surface area contributed by atoms with E-state index in [-0.39, 0.29) is 12.5 Å². The number of amides is 2. The first-order valence-corrected chi connectivity index (χ1v) is 6.12. The van der Waals surface area contributed by atoms with Crippen LogP contribution in [0.3, 0.4) is 0 Å². The van der Waals surface area contributed by atoms with Gasteiger partial charge in [-0.25, -0.2) is 0 Å². The number of carbonyl (C=O) groups excluding carboxylic acids is 2. The van der Waals surface area contributed by atoms with Gasteiger partial charge in [0.2, 0.25) is 5.91 Å². The third kappa shape index (κ3) is 4.26. The fraction of sp³-hybridized carbons (Fsp3) is 0.385. The van der Waals surface area contributed by atoms with E-state index in [0.29, 0.717) is 25.4 Å². The number of nitrogens with two attached hydrogens (primary N) is 1. The Morgan fingerprint density at radius 3 is 3.05 bits per heavy atom. The average molecular weight is 263 g/mol. The molecule has 2 amide bonds. The lowest BCUT2D eigenvalue weighted by Gasteiger charge is -2.26. The van der Waals surface area contributed by atoms with Crippen LogP contribution in [0.4, 0.5) is 0 Å². The van der Waals surface area contributed by atoms with E-state index >= 15 is 0 Å². The van der Waals surface area contributed by atoms with Gasteiger partial charge in [0, 0.05) is 19.6 Å². The maximum absolute atomic E-state index is 11.3. The van der Waals surface area contributed by atoms with Gasteiger partial charge in [0.15, 0.2) is 6.61 Å². The van der Waals surface area contributed by atoms with E-state index in [1.165, 1.54) is 0 Å². The van der Waals surface area contributed by atoms with Crippen LogP contribution in [0.15, 0.2) is 24.3 Å². The largest absolute Gasteiger partial charge is 0.484 e. The number of hydrogen-bond donors (Lipinski definition) is 2. The highest BCUT2D eigenvalue weighted by Gasteiger charge is 2.16. The van der Waals surface area contributed by atoms with Gasteiger partial charge in [0.05, 0.1) is 6.54 Å².